The van der Waals surface area contributed by atoms with E-state index >= 15 is 0 Å². The maximum Gasteiger partial charge on any atom is 0.324 e. The third-order valence-corrected chi connectivity index (χ3v) is 5.44. The van der Waals surface area contributed by atoms with Crippen molar-refractivity contribution in [3.63, 3.8) is 0 Å². The van der Waals surface area contributed by atoms with Crippen molar-refractivity contribution >= 4 is 23.5 Å². The fraction of sp³-hybridized carbons (Fsp3) is 0.192. The van der Waals surface area contributed by atoms with Crippen LogP contribution in [0, 0.1) is 0 Å². The van der Waals surface area contributed by atoms with Crippen molar-refractivity contribution in [2.45, 2.75) is 32.6 Å². The Bertz CT molecular complexity index is 1430. The Kier molecular flexibility index (Phi) is 5.85. The summed E-state index contributed by atoms with van der Waals surface area (Å²) >= 11 is 0. The van der Waals surface area contributed by atoms with E-state index in [9.17, 15) is 9.59 Å². The lowest BCUT2D eigenvalue weighted by Crippen LogP contribution is -2.21. The van der Waals surface area contributed by atoms with E-state index < -0.39 is 6.03 Å². The third kappa shape index (κ3) is 4.88. The second-order valence-corrected chi connectivity index (χ2v) is 9.22. The second kappa shape index (κ2) is 9.14. The first-order valence-corrected chi connectivity index (χ1v) is 11.3. The molecule has 10 nitrogen and oxygen atoms in total. The molecule has 0 bridgehead atoms. The first kappa shape index (κ1) is 23.0. The van der Waals surface area contributed by atoms with Gasteiger partial charge in [-0.25, -0.2) is 9.48 Å². The number of ether oxygens (including phenoxy) is 2. The van der Waals surface area contributed by atoms with Crippen LogP contribution in [-0.2, 0) is 16.6 Å². The Labute approximate surface area is 207 Å². The number of carbonyl (C=O) groups excluding carboxylic acids is 2. The highest BCUT2D eigenvalue weighted by Crippen LogP contribution is 2.37. The number of aromatic nitrogens is 4. The van der Waals surface area contributed by atoms with Crippen LogP contribution in [0.2, 0.25) is 0 Å². The van der Waals surface area contributed by atoms with Gasteiger partial charge in [0, 0.05) is 41.8 Å². The van der Waals surface area contributed by atoms with Gasteiger partial charge in [-0.2, -0.15) is 5.10 Å². The summed E-state index contributed by atoms with van der Waals surface area (Å²) in [5.74, 6) is 1.43. The number of fused-ring (bicyclic) bond motifs is 1. The summed E-state index contributed by atoms with van der Waals surface area (Å²) in [6.07, 6.45) is 5.04. The number of carbonyl (C=O) groups is 2. The van der Waals surface area contributed by atoms with Gasteiger partial charge >= 0.3 is 12.0 Å². The second-order valence-electron chi connectivity index (χ2n) is 9.22. The van der Waals surface area contributed by atoms with E-state index in [-0.39, 0.29) is 17.8 Å². The molecular weight excluding hydrogens is 460 g/mol. The molecule has 1 aliphatic rings. The predicted molar refractivity (Wildman–Crippen MR) is 133 cm³/mol. The van der Waals surface area contributed by atoms with Crippen LogP contribution >= 0.6 is 0 Å². The zero-order valence-corrected chi connectivity index (χ0v) is 20.0. The molecule has 4 heterocycles. The molecule has 182 valence electrons. The number of esters is 1. The molecule has 0 saturated carbocycles. The molecule has 0 fully saturated rings. The first-order valence-electron chi connectivity index (χ1n) is 11.3. The summed E-state index contributed by atoms with van der Waals surface area (Å²) in [4.78, 5) is 32.6. The van der Waals surface area contributed by atoms with E-state index in [1.165, 1.54) is 0 Å². The monoisotopic (exact) mass is 484 g/mol. The minimum Gasteiger partial charge on any atom is -0.453 e. The Hall–Kier alpha value is -4.73. The summed E-state index contributed by atoms with van der Waals surface area (Å²) in [5.41, 5.74) is 2.54. The van der Waals surface area contributed by atoms with Gasteiger partial charge < -0.3 is 14.8 Å². The summed E-state index contributed by atoms with van der Waals surface area (Å²) in [6, 6.07) is 13.5. The molecule has 0 aliphatic carbocycles. The van der Waals surface area contributed by atoms with Gasteiger partial charge in [0.2, 0.25) is 0 Å². The van der Waals surface area contributed by atoms with Crippen LogP contribution in [-0.4, -0.2) is 31.7 Å². The summed E-state index contributed by atoms with van der Waals surface area (Å²) in [6.45, 7) is 6.18. The van der Waals surface area contributed by atoms with Crippen molar-refractivity contribution in [1.82, 2.24) is 19.7 Å². The number of benzene rings is 1. The number of hydrogen-bond donors (Lipinski definition) is 2. The van der Waals surface area contributed by atoms with Gasteiger partial charge in [-0.3, -0.25) is 20.1 Å². The maximum absolute atomic E-state index is 12.8. The van der Waals surface area contributed by atoms with E-state index in [4.69, 9.17) is 9.47 Å². The van der Waals surface area contributed by atoms with Crippen molar-refractivity contribution < 1.29 is 19.1 Å². The lowest BCUT2D eigenvalue weighted by Gasteiger charge is -2.14. The lowest BCUT2D eigenvalue weighted by molar-refractivity contribution is -0.131. The molecule has 0 spiro atoms. The average Bonchev–Trinajstić information content (AvgIpc) is 3.44. The van der Waals surface area contributed by atoms with Crippen LogP contribution in [0.15, 0.2) is 67.1 Å². The molecule has 2 amide bonds. The molecule has 2 N–H and O–H groups in total. The molecule has 36 heavy (non-hydrogen) atoms. The molecule has 0 atom stereocenters. The van der Waals surface area contributed by atoms with Crippen molar-refractivity contribution in [3.8, 4) is 22.9 Å². The van der Waals surface area contributed by atoms with Crippen LogP contribution in [0.5, 0.6) is 17.2 Å². The Balaban J connectivity index is 1.28. The number of nitrogens with one attached hydrogen (secondary N) is 2. The zero-order valence-electron chi connectivity index (χ0n) is 20.0. The van der Waals surface area contributed by atoms with Crippen LogP contribution in [0.25, 0.3) is 5.69 Å². The lowest BCUT2D eigenvalue weighted by atomic mass is 9.92. The minimum absolute atomic E-state index is 0.127. The first-order chi connectivity index (χ1) is 17.3. The van der Waals surface area contributed by atoms with E-state index in [1.54, 1.807) is 53.6 Å². The van der Waals surface area contributed by atoms with Gasteiger partial charge in [0.05, 0.1) is 23.5 Å². The third-order valence-electron chi connectivity index (χ3n) is 5.44. The molecule has 4 aromatic rings. The molecular formula is C26H24N6O4. The molecule has 5 rings (SSSR count). The van der Waals surface area contributed by atoms with E-state index in [0.29, 0.717) is 34.4 Å². The quantitative estimate of drug-likeness (QED) is 0.388. The fourth-order valence-corrected chi connectivity index (χ4v) is 3.60. The molecule has 1 aliphatic heterocycles. The largest absolute Gasteiger partial charge is 0.453 e. The van der Waals surface area contributed by atoms with Gasteiger partial charge in [0.1, 0.15) is 11.6 Å². The van der Waals surface area contributed by atoms with E-state index in [1.807, 2.05) is 18.2 Å². The van der Waals surface area contributed by atoms with Gasteiger partial charge in [-0.15, -0.1) is 0 Å². The zero-order chi connectivity index (χ0) is 25.3. The highest BCUT2D eigenvalue weighted by atomic mass is 16.6. The highest BCUT2D eigenvalue weighted by Gasteiger charge is 2.26. The van der Waals surface area contributed by atoms with Gasteiger partial charge in [0.15, 0.2) is 11.5 Å². The molecule has 0 saturated heterocycles. The molecule has 1 aromatic carbocycles. The maximum atomic E-state index is 12.8. The van der Waals surface area contributed by atoms with Crippen molar-refractivity contribution in [2.24, 2.45) is 0 Å². The Morgan fingerprint density at radius 1 is 1.03 bits per heavy atom. The number of pyridine rings is 2. The van der Waals surface area contributed by atoms with Crippen LogP contribution in [0.3, 0.4) is 0 Å². The summed E-state index contributed by atoms with van der Waals surface area (Å²) < 4.78 is 12.7. The summed E-state index contributed by atoms with van der Waals surface area (Å²) in [7, 11) is 0. The average molecular weight is 485 g/mol. The molecule has 0 unspecified atom stereocenters. The van der Waals surface area contributed by atoms with Gasteiger partial charge in [0.25, 0.3) is 0 Å². The van der Waals surface area contributed by atoms with Gasteiger partial charge in [-0.1, -0.05) is 20.8 Å². The molecule has 3 aromatic heterocycles. The number of anilines is 2. The van der Waals surface area contributed by atoms with Crippen LogP contribution < -0.4 is 20.1 Å². The van der Waals surface area contributed by atoms with Crippen molar-refractivity contribution in [1.29, 1.82) is 0 Å². The van der Waals surface area contributed by atoms with Crippen LogP contribution in [0.4, 0.5) is 16.3 Å². The van der Waals surface area contributed by atoms with E-state index in [0.717, 1.165) is 11.4 Å². The van der Waals surface area contributed by atoms with Crippen LogP contribution in [0.1, 0.15) is 32.2 Å². The topological polar surface area (TPSA) is 120 Å². The number of hydrogen-bond acceptors (Lipinski definition) is 7. The van der Waals surface area contributed by atoms with Crippen molar-refractivity contribution in [3.05, 3.63) is 78.5 Å². The standard InChI is InChI=1S/C26H24N6O4/c1-26(2,3)21-15-22(32(31-21)17-8-11-27-12-9-17)30-25(34)29-16-4-6-18(7-5-16)35-20-10-13-28-19-14-23(33)36-24(19)20/h4-13,15H,14H2,1-3H3,(H2,29,30,34). The summed E-state index contributed by atoms with van der Waals surface area (Å²) in [5, 5.41) is 10.4. The number of amides is 2. The van der Waals surface area contributed by atoms with Crippen molar-refractivity contribution in [2.75, 3.05) is 10.6 Å². The van der Waals surface area contributed by atoms with Gasteiger partial charge in [-0.05, 0) is 36.4 Å². The number of urea groups is 1. The smallest absolute Gasteiger partial charge is 0.324 e. The predicted octanol–water partition coefficient (Wildman–Crippen LogP) is 4.86. The normalized spacial score (nSPS) is 12.6. The number of nitrogens with zero attached hydrogens (tertiary/aromatic N) is 4. The fourth-order valence-electron chi connectivity index (χ4n) is 3.60. The molecule has 0 radical (unpaired) electrons. The number of rotatable bonds is 5. The van der Waals surface area contributed by atoms with E-state index in [2.05, 4.69) is 46.5 Å². The molecule has 10 heteroatoms. The Morgan fingerprint density at radius 3 is 2.50 bits per heavy atom. The highest BCUT2D eigenvalue weighted by molar-refractivity contribution is 5.99. The minimum atomic E-state index is -0.418. The SMILES string of the molecule is CC(C)(C)c1cc(NC(=O)Nc2ccc(Oc3ccnc4c3OC(=O)C4)cc2)n(-c2ccncc2)n1. The Morgan fingerprint density at radius 2 is 1.78 bits per heavy atom.